The molecule has 1 aromatic carbocycles. The van der Waals surface area contributed by atoms with Gasteiger partial charge in [0.25, 0.3) is 0 Å². The molecule has 0 spiro atoms. The number of aromatic nitrogens is 3. The van der Waals surface area contributed by atoms with Gasteiger partial charge in [-0.05, 0) is 24.6 Å². The zero-order valence-electron chi connectivity index (χ0n) is 17.3. The average molecular weight is 449 g/mol. The minimum absolute atomic E-state index is 0.0617. The second-order valence-electron chi connectivity index (χ2n) is 7.02. The summed E-state index contributed by atoms with van der Waals surface area (Å²) in [5.41, 5.74) is 0.904. The summed E-state index contributed by atoms with van der Waals surface area (Å²) in [4.78, 5) is 23.0. The number of hydrogen-bond acceptors (Lipinski definition) is 6. The average Bonchev–Trinajstić information content (AvgIpc) is 2.68. The highest BCUT2D eigenvalue weighted by Gasteiger charge is 2.29. The van der Waals surface area contributed by atoms with Gasteiger partial charge in [-0.3, -0.25) is 4.79 Å². The maximum atomic E-state index is 13.7. The van der Waals surface area contributed by atoms with Gasteiger partial charge >= 0.3 is 5.92 Å². The number of amides is 1. The van der Waals surface area contributed by atoms with E-state index >= 15 is 0 Å². The molecule has 0 fully saturated rings. The number of carbonyl (C=O) groups is 1. The van der Waals surface area contributed by atoms with Crippen LogP contribution in [0.25, 0.3) is 0 Å². The van der Waals surface area contributed by atoms with Crippen LogP contribution in [0.4, 0.5) is 34.9 Å². The predicted octanol–water partition coefficient (Wildman–Crippen LogP) is 4.85. The molecule has 2 aromatic heterocycles. The fourth-order valence-electron chi connectivity index (χ4n) is 2.66. The number of halogens is 4. The fourth-order valence-corrected chi connectivity index (χ4v) is 2.66. The molecule has 0 aliphatic heterocycles. The van der Waals surface area contributed by atoms with Gasteiger partial charge in [-0.2, -0.15) is 8.78 Å². The Hall–Kier alpha value is -3.76. The molecule has 3 rings (SSSR count). The van der Waals surface area contributed by atoms with Gasteiger partial charge in [0.2, 0.25) is 11.7 Å². The number of nitrogens with one attached hydrogen (secondary N) is 2. The van der Waals surface area contributed by atoms with Gasteiger partial charge in [0, 0.05) is 31.7 Å². The third-order valence-electron chi connectivity index (χ3n) is 4.06. The minimum Gasteiger partial charge on any atom is -0.485 e. The third-order valence-corrected chi connectivity index (χ3v) is 4.06. The van der Waals surface area contributed by atoms with Crippen molar-refractivity contribution in [3.05, 3.63) is 65.2 Å². The number of pyridine rings is 1. The van der Waals surface area contributed by atoms with Crippen molar-refractivity contribution in [2.45, 2.75) is 33.3 Å². The lowest BCUT2D eigenvalue weighted by atomic mass is 10.2. The fraction of sp³-hybridized carbons (Fsp3) is 0.238. The van der Waals surface area contributed by atoms with Crippen LogP contribution in [0.3, 0.4) is 0 Å². The number of ether oxygens (including phenoxy) is 1. The van der Waals surface area contributed by atoms with E-state index in [1.807, 2.05) is 0 Å². The molecule has 0 aliphatic rings. The van der Waals surface area contributed by atoms with Gasteiger partial charge in [0.1, 0.15) is 18.2 Å². The van der Waals surface area contributed by atoms with E-state index in [1.165, 1.54) is 38.2 Å². The normalized spacial score (nSPS) is 11.2. The number of rotatable bonds is 7. The zero-order valence-corrected chi connectivity index (χ0v) is 17.3. The third kappa shape index (κ3) is 5.90. The Labute approximate surface area is 180 Å². The molecule has 7 nitrogen and oxygen atoms in total. The van der Waals surface area contributed by atoms with Gasteiger partial charge in [0.05, 0.1) is 11.9 Å². The van der Waals surface area contributed by atoms with Gasteiger partial charge in [-0.15, -0.1) is 0 Å². The van der Waals surface area contributed by atoms with Crippen LogP contribution < -0.4 is 15.4 Å². The van der Waals surface area contributed by atoms with E-state index < -0.39 is 23.4 Å². The highest BCUT2D eigenvalue weighted by molar-refractivity contribution is 5.88. The Balaban J connectivity index is 1.92. The number of benzene rings is 1. The number of nitrogens with zero attached hydrogens (tertiary/aromatic N) is 3. The smallest absolute Gasteiger partial charge is 0.303 e. The molecule has 0 saturated carbocycles. The topological polar surface area (TPSA) is 89.0 Å². The van der Waals surface area contributed by atoms with Crippen LogP contribution in [0.2, 0.25) is 0 Å². The van der Waals surface area contributed by atoms with E-state index in [4.69, 9.17) is 4.74 Å². The van der Waals surface area contributed by atoms with E-state index in [-0.39, 0.29) is 35.6 Å². The molecule has 2 heterocycles. The molecule has 2 N–H and O–H groups in total. The van der Waals surface area contributed by atoms with Crippen molar-refractivity contribution < 1.29 is 27.1 Å². The van der Waals surface area contributed by atoms with Crippen LogP contribution in [-0.2, 0) is 17.3 Å². The second kappa shape index (κ2) is 9.16. The highest BCUT2D eigenvalue weighted by atomic mass is 19.3. The molecule has 0 unspecified atom stereocenters. The summed E-state index contributed by atoms with van der Waals surface area (Å²) in [5.74, 6) is -5.91. The van der Waals surface area contributed by atoms with Crippen LogP contribution in [0.1, 0.15) is 30.9 Å². The summed E-state index contributed by atoms with van der Waals surface area (Å²) in [6, 6.07) is 6.19. The monoisotopic (exact) mass is 449 g/mol. The lowest BCUT2D eigenvalue weighted by Crippen LogP contribution is -2.14. The van der Waals surface area contributed by atoms with Crippen LogP contribution in [0.5, 0.6) is 5.75 Å². The number of anilines is 3. The summed E-state index contributed by atoms with van der Waals surface area (Å²) in [6.07, 6.45) is 1.29. The number of aryl methyl sites for hydroxylation is 1. The summed E-state index contributed by atoms with van der Waals surface area (Å²) in [7, 11) is 0. The summed E-state index contributed by atoms with van der Waals surface area (Å²) < 4.78 is 59.7. The molecule has 0 bridgehead atoms. The number of hydrogen-bond donors (Lipinski definition) is 2. The summed E-state index contributed by atoms with van der Waals surface area (Å²) in [5, 5.41) is 5.36. The number of carbonyl (C=O) groups excluding carboxylic acids is 1. The molecule has 11 heteroatoms. The summed E-state index contributed by atoms with van der Waals surface area (Å²) >= 11 is 0. The lowest BCUT2D eigenvalue weighted by molar-refractivity contribution is -0.114. The van der Waals surface area contributed by atoms with E-state index in [1.54, 1.807) is 0 Å². The van der Waals surface area contributed by atoms with Crippen molar-refractivity contribution in [1.82, 2.24) is 15.0 Å². The van der Waals surface area contributed by atoms with Crippen LogP contribution in [-0.4, -0.2) is 20.9 Å². The minimum atomic E-state index is -3.26. The van der Waals surface area contributed by atoms with E-state index in [9.17, 15) is 22.4 Å². The molecule has 0 saturated heterocycles. The second-order valence-corrected chi connectivity index (χ2v) is 7.02. The first kappa shape index (κ1) is 22.9. The standard InChI is InChI=1S/C21H19F4N5O2/c1-11-6-19(30-20(27-11)21(3,24)25)29-16-8-18(28-12(2)31)26-9-17(16)32-10-13-4-5-14(22)15(23)7-13/h4-9H,10H2,1-3H3,(H2,26,27,28,29,30,31). The Bertz CT molecular complexity index is 1150. The van der Waals surface area contributed by atoms with Crippen molar-refractivity contribution in [3.63, 3.8) is 0 Å². The van der Waals surface area contributed by atoms with Crippen molar-refractivity contribution in [1.29, 1.82) is 0 Å². The van der Waals surface area contributed by atoms with Crippen molar-refractivity contribution in [2.75, 3.05) is 10.6 Å². The first-order chi connectivity index (χ1) is 15.0. The molecule has 168 valence electrons. The van der Waals surface area contributed by atoms with Gasteiger partial charge < -0.3 is 15.4 Å². The van der Waals surface area contributed by atoms with E-state index in [0.29, 0.717) is 18.2 Å². The van der Waals surface area contributed by atoms with Gasteiger partial charge in [0.15, 0.2) is 17.4 Å². The van der Waals surface area contributed by atoms with Crippen molar-refractivity contribution in [3.8, 4) is 5.75 Å². The van der Waals surface area contributed by atoms with Gasteiger partial charge in [-0.1, -0.05) is 6.07 Å². The Morgan fingerprint density at radius 3 is 2.50 bits per heavy atom. The zero-order chi connectivity index (χ0) is 23.5. The molecule has 3 aromatic rings. The van der Waals surface area contributed by atoms with Crippen LogP contribution >= 0.6 is 0 Å². The van der Waals surface area contributed by atoms with Crippen molar-refractivity contribution >= 4 is 23.2 Å². The van der Waals surface area contributed by atoms with Crippen LogP contribution in [0.15, 0.2) is 36.5 Å². The Morgan fingerprint density at radius 2 is 1.84 bits per heavy atom. The molecular formula is C21H19F4N5O2. The quantitative estimate of drug-likeness (QED) is 0.502. The lowest BCUT2D eigenvalue weighted by Gasteiger charge is -2.16. The van der Waals surface area contributed by atoms with E-state index in [2.05, 4.69) is 25.6 Å². The number of alkyl halides is 2. The Kier molecular flexibility index (Phi) is 6.56. The molecule has 0 radical (unpaired) electrons. The highest BCUT2D eigenvalue weighted by Crippen LogP contribution is 2.31. The van der Waals surface area contributed by atoms with E-state index in [0.717, 1.165) is 12.1 Å². The molecule has 32 heavy (non-hydrogen) atoms. The largest absolute Gasteiger partial charge is 0.485 e. The Morgan fingerprint density at radius 1 is 1.09 bits per heavy atom. The first-order valence-corrected chi connectivity index (χ1v) is 9.36. The summed E-state index contributed by atoms with van der Waals surface area (Å²) in [6.45, 7) is 3.39. The molecule has 0 aliphatic carbocycles. The maximum Gasteiger partial charge on any atom is 0.303 e. The van der Waals surface area contributed by atoms with Crippen LogP contribution in [0, 0.1) is 18.6 Å². The maximum absolute atomic E-state index is 13.7. The molecule has 1 amide bonds. The van der Waals surface area contributed by atoms with Gasteiger partial charge in [-0.25, -0.2) is 23.7 Å². The predicted molar refractivity (Wildman–Crippen MR) is 109 cm³/mol. The first-order valence-electron chi connectivity index (χ1n) is 9.36. The molecular weight excluding hydrogens is 430 g/mol. The SMILES string of the molecule is CC(=O)Nc1cc(Nc2cc(C)nc(C(C)(F)F)n2)c(OCc2ccc(F)c(F)c2)cn1. The molecule has 0 atom stereocenters. The van der Waals surface area contributed by atoms with Crippen molar-refractivity contribution in [2.24, 2.45) is 0 Å².